The number of fused-ring (bicyclic) bond motifs is 1. The van der Waals surface area contributed by atoms with Crippen LogP contribution in [-0.2, 0) is 4.74 Å². The van der Waals surface area contributed by atoms with Gasteiger partial charge in [-0.05, 0) is 29.8 Å². The first-order chi connectivity index (χ1) is 20.9. The molecular formula is C29H31N5O9. The van der Waals surface area contributed by atoms with Crippen molar-refractivity contribution in [2.75, 3.05) is 61.9 Å². The fourth-order valence-corrected chi connectivity index (χ4v) is 5.09. The van der Waals surface area contributed by atoms with Crippen LogP contribution in [-0.4, -0.2) is 83.0 Å². The molecule has 3 N–H and O–H groups in total. The van der Waals surface area contributed by atoms with Crippen molar-refractivity contribution in [3.63, 3.8) is 0 Å². The van der Waals surface area contributed by atoms with Crippen LogP contribution in [0.2, 0.25) is 0 Å². The van der Waals surface area contributed by atoms with Crippen LogP contribution >= 0.6 is 0 Å². The molecule has 1 amide bonds. The lowest BCUT2D eigenvalue weighted by Gasteiger charge is -2.27. The number of rotatable bonds is 8. The Bertz CT molecular complexity index is 1550. The van der Waals surface area contributed by atoms with Gasteiger partial charge in [-0.1, -0.05) is 0 Å². The molecule has 1 atom stereocenters. The van der Waals surface area contributed by atoms with E-state index in [0.717, 1.165) is 0 Å². The van der Waals surface area contributed by atoms with Gasteiger partial charge in [0.1, 0.15) is 11.6 Å². The molecule has 0 bridgehead atoms. The summed E-state index contributed by atoms with van der Waals surface area (Å²) >= 11 is 0. The zero-order valence-corrected chi connectivity index (χ0v) is 24.3. The van der Waals surface area contributed by atoms with Crippen molar-refractivity contribution < 1.29 is 42.7 Å². The van der Waals surface area contributed by atoms with E-state index in [9.17, 15) is 10.1 Å². The third kappa shape index (κ3) is 5.26. The maximum absolute atomic E-state index is 12.9. The number of hydrogen-bond acceptors (Lipinski definition) is 12. The maximum Gasteiger partial charge on any atom is 0.415 e. The first-order valence-electron chi connectivity index (χ1n) is 13.2. The molecule has 0 unspecified atom stereocenters. The van der Waals surface area contributed by atoms with Gasteiger partial charge in [0.25, 0.3) is 0 Å². The second kappa shape index (κ2) is 12.3. The second-order valence-corrected chi connectivity index (χ2v) is 9.38. The van der Waals surface area contributed by atoms with E-state index >= 15 is 0 Å². The summed E-state index contributed by atoms with van der Waals surface area (Å²) in [6.07, 6.45) is -0.567. The maximum atomic E-state index is 12.9. The minimum absolute atomic E-state index is 0.0880. The Morgan fingerprint density at radius 3 is 2.07 bits per heavy atom. The Morgan fingerprint density at radius 1 is 0.953 bits per heavy atom. The highest BCUT2D eigenvalue weighted by Gasteiger charge is 2.37. The highest BCUT2D eigenvalue weighted by atomic mass is 16.6. The molecule has 0 radical (unpaired) electrons. The summed E-state index contributed by atoms with van der Waals surface area (Å²) in [7, 11) is 7.41. The summed E-state index contributed by atoms with van der Waals surface area (Å²) in [6.45, 7) is 1.62. The zero-order chi connectivity index (χ0) is 30.7. The molecule has 3 heterocycles. The number of nitriles is 1. The molecule has 2 aliphatic rings. The first-order valence-corrected chi connectivity index (χ1v) is 13.2. The number of amides is 1. The predicted octanol–water partition coefficient (Wildman–Crippen LogP) is 3.17. The van der Waals surface area contributed by atoms with E-state index in [4.69, 9.17) is 43.6 Å². The molecule has 2 aromatic carbocycles. The Hall–Kier alpha value is -5.29. The summed E-state index contributed by atoms with van der Waals surface area (Å²) < 4.78 is 44.7. The summed E-state index contributed by atoms with van der Waals surface area (Å²) in [4.78, 5) is 14.5. The molecule has 1 aromatic heterocycles. The number of hydrogen-bond donors (Lipinski definition) is 2. The van der Waals surface area contributed by atoms with Crippen LogP contribution in [0.25, 0.3) is 11.3 Å². The summed E-state index contributed by atoms with van der Waals surface area (Å²) in [6, 6.07) is 8.97. The average molecular weight is 594 g/mol. The van der Waals surface area contributed by atoms with E-state index < -0.39 is 12.0 Å². The number of methoxy groups -OCH3 is 5. The molecule has 14 nitrogen and oxygen atoms in total. The smallest absolute Gasteiger partial charge is 0.415 e. The fraction of sp³-hybridized carbons (Fsp3) is 0.345. The topological polar surface area (TPSA) is 173 Å². The van der Waals surface area contributed by atoms with Crippen molar-refractivity contribution in [1.82, 2.24) is 15.1 Å². The minimum atomic E-state index is -0.784. The number of nitrogens with one attached hydrogen (secondary N) is 1. The largest absolute Gasteiger partial charge is 0.493 e. The molecular weight excluding hydrogens is 562 g/mol. The van der Waals surface area contributed by atoms with E-state index in [0.29, 0.717) is 65.9 Å². The van der Waals surface area contributed by atoms with Crippen LogP contribution in [0.1, 0.15) is 17.0 Å². The van der Waals surface area contributed by atoms with Gasteiger partial charge in [0, 0.05) is 18.7 Å². The van der Waals surface area contributed by atoms with Gasteiger partial charge in [-0.15, -0.1) is 5.10 Å². The normalized spacial score (nSPS) is 16.0. The second-order valence-electron chi connectivity index (χ2n) is 9.38. The fourth-order valence-electron chi connectivity index (χ4n) is 5.09. The minimum Gasteiger partial charge on any atom is -0.493 e. The molecule has 0 saturated carbocycles. The third-order valence-corrected chi connectivity index (χ3v) is 7.17. The Labute approximate surface area is 247 Å². The molecule has 1 fully saturated rings. The Balaban J connectivity index is 1.65. The van der Waals surface area contributed by atoms with E-state index in [1.165, 1.54) is 40.4 Å². The van der Waals surface area contributed by atoms with E-state index in [1.807, 2.05) is 0 Å². The summed E-state index contributed by atoms with van der Waals surface area (Å²) in [5.74, 6) is 1.02. The number of carbonyl (C=O) groups excluding carboxylic acids is 1. The standard InChI is InChI=1S/C29H31N5O9/c1-36-18-12-16(13-19(37-2)25(18)40-5)24-23-22(17(14-30)27(31)43-28(23)33-32-24)15-10-20(38-3)26(21(11-15)39-4)42-29(35)34-6-8-41-9-7-34/h10-13,22H,6-9,31H2,1-5H3,(H,32,33)/t22-/m1/s1. The van der Waals surface area contributed by atoms with Gasteiger partial charge in [-0.25, -0.2) is 4.79 Å². The Morgan fingerprint density at radius 2 is 1.53 bits per heavy atom. The van der Waals surface area contributed by atoms with Crippen LogP contribution in [0.15, 0.2) is 35.7 Å². The number of carbonyl (C=O) groups is 1. The van der Waals surface area contributed by atoms with Gasteiger partial charge in [-0.2, -0.15) is 5.26 Å². The van der Waals surface area contributed by atoms with E-state index in [2.05, 4.69) is 16.3 Å². The molecule has 0 aliphatic carbocycles. The quantitative estimate of drug-likeness (QED) is 0.391. The number of aromatic amines is 1. The van der Waals surface area contributed by atoms with E-state index in [-0.39, 0.29) is 34.6 Å². The predicted molar refractivity (Wildman–Crippen MR) is 151 cm³/mol. The van der Waals surface area contributed by atoms with Crippen LogP contribution in [0.4, 0.5) is 4.79 Å². The Kier molecular flexibility index (Phi) is 8.35. The van der Waals surface area contributed by atoms with Crippen molar-refractivity contribution in [3.8, 4) is 57.7 Å². The number of aromatic nitrogens is 2. The molecule has 14 heteroatoms. The van der Waals surface area contributed by atoms with Crippen molar-refractivity contribution in [2.24, 2.45) is 5.73 Å². The van der Waals surface area contributed by atoms with Gasteiger partial charge < -0.3 is 48.5 Å². The molecule has 3 aromatic rings. The number of allylic oxidation sites excluding steroid dienone is 1. The van der Waals surface area contributed by atoms with Gasteiger partial charge in [0.05, 0.1) is 65.9 Å². The lowest BCUT2D eigenvalue weighted by molar-refractivity contribution is 0.0411. The molecule has 226 valence electrons. The first kappa shape index (κ1) is 29.2. The molecule has 43 heavy (non-hydrogen) atoms. The molecule has 2 aliphatic heterocycles. The average Bonchev–Trinajstić information content (AvgIpc) is 3.46. The number of morpholine rings is 1. The van der Waals surface area contributed by atoms with Gasteiger partial charge in [0.15, 0.2) is 23.0 Å². The highest BCUT2D eigenvalue weighted by Crippen LogP contribution is 2.50. The lowest BCUT2D eigenvalue weighted by atomic mass is 9.82. The molecule has 1 saturated heterocycles. The van der Waals surface area contributed by atoms with E-state index in [1.54, 1.807) is 24.3 Å². The van der Waals surface area contributed by atoms with Crippen molar-refractivity contribution in [3.05, 3.63) is 46.8 Å². The van der Waals surface area contributed by atoms with Crippen LogP contribution in [0.3, 0.4) is 0 Å². The number of ether oxygens (including phenoxy) is 8. The number of nitrogens with two attached hydrogens (primary N) is 1. The van der Waals surface area contributed by atoms with Crippen LogP contribution < -0.4 is 38.9 Å². The monoisotopic (exact) mass is 593 g/mol. The SMILES string of the molecule is COc1cc(-c2[nH]nc3c2[C@H](c2cc(OC)c(OC(=O)N4CCOCC4)c(OC)c2)C(C#N)=C(N)O3)cc(OC)c1OC. The van der Waals surface area contributed by atoms with Gasteiger partial charge in [-0.3, -0.25) is 5.10 Å². The van der Waals surface area contributed by atoms with Crippen molar-refractivity contribution in [2.45, 2.75) is 5.92 Å². The zero-order valence-electron chi connectivity index (χ0n) is 24.3. The number of benzene rings is 2. The van der Waals surface area contributed by atoms with Gasteiger partial charge >= 0.3 is 6.09 Å². The van der Waals surface area contributed by atoms with Crippen LogP contribution in [0, 0.1) is 11.3 Å². The summed E-state index contributed by atoms with van der Waals surface area (Å²) in [5.41, 5.74) is 8.52. The van der Waals surface area contributed by atoms with Crippen molar-refractivity contribution in [1.29, 1.82) is 5.26 Å². The summed E-state index contributed by atoms with van der Waals surface area (Å²) in [5, 5.41) is 17.6. The number of H-pyrrole nitrogens is 1. The third-order valence-electron chi connectivity index (χ3n) is 7.17. The van der Waals surface area contributed by atoms with Gasteiger partial charge in [0.2, 0.25) is 23.3 Å². The molecule has 0 spiro atoms. The van der Waals surface area contributed by atoms with Crippen molar-refractivity contribution >= 4 is 6.09 Å². The molecule has 5 rings (SSSR count). The lowest BCUT2D eigenvalue weighted by Crippen LogP contribution is -2.42. The van der Waals surface area contributed by atoms with Crippen LogP contribution in [0.5, 0.6) is 40.4 Å². The number of nitrogens with zero attached hydrogens (tertiary/aromatic N) is 3. The highest BCUT2D eigenvalue weighted by molar-refractivity contribution is 5.77.